The molecule has 0 aliphatic heterocycles. The predicted octanol–water partition coefficient (Wildman–Crippen LogP) is 3.40. The number of benzene rings is 1. The van der Waals surface area contributed by atoms with Crippen LogP contribution in [0.2, 0.25) is 5.02 Å². The molecule has 0 saturated carbocycles. The van der Waals surface area contributed by atoms with E-state index >= 15 is 0 Å². The molecule has 1 amide bonds. The number of nitro benzene ring substituents is 1. The number of carbonyl (C=O) groups is 1. The zero-order chi connectivity index (χ0) is 14.6. The fourth-order valence-electron chi connectivity index (χ4n) is 1.41. The van der Waals surface area contributed by atoms with E-state index in [1.54, 1.807) is 0 Å². The molecule has 19 heavy (non-hydrogen) atoms. The van der Waals surface area contributed by atoms with Crippen molar-refractivity contribution in [3.05, 3.63) is 38.9 Å². The molecule has 2 atom stereocenters. The van der Waals surface area contributed by atoms with Crippen LogP contribution >= 0.6 is 27.5 Å². The Balaban J connectivity index is 2.99. The summed E-state index contributed by atoms with van der Waals surface area (Å²) in [4.78, 5) is 22.4. The number of halogens is 2. The topological polar surface area (TPSA) is 72.2 Å². The lowest BCUT2D eigenvalue weighted by atomic mass is 10.1. The molecule has 0 saturated heterocycles. The van der Waals surface area contributed by atoms with Crippen LogP contribution in [-0.4, -0.2) is 22.2 Å². The number of carbonyl (C=O) groups excluding carboxylic acids is 1. The summed E-state index contributed by atoms with van der Waals surface area (Å²) in [5.41, 5.74) is -0.272. The van der Waals surface area contributed by atoms with Crippen LogP contribution in [0.5, 0.6) is 0 Å². The van der Waals surface area contributed by atoms with Gasteiger partial charge in [0.15, 0.2) is 0 Å². The number of nitrogens with zero attached hydrogens (tertiary/aromatic N) is 1. The summed E-state index contributed by atoms with van der Waals surface area (Å²) >= 11 is 9.11. The lowest BCUT2D eigenvalue weighted by molar-refractivity contribution is -0.385. The number of hydrogen-bond donors (Lipinski definition) is 1. The smallest absolute Gasteiger partial charge is 0.282 e. The van der Waals surface area contributed by atoms with Gasteiger partial charge in [0.25, 0.3) is 11.6 Å². The maximum Gasteiger partial charge on any atom is 0.282 e. The van der Waals surface area contributed by atoms with Crippen LogP contribution in [0.3, 0.4) is 0 Å². The van der Waals surface area contributed by atoms with Crippen molar-refractivity contribution >= 4 is 39.1 Å². The zero-order valence-electron chi connectivity index (χ0n) is 10.5. The summed E-state index contributed by atoms with van der Waals surface area (Å²) in [6, 6.07) is 3.82. The Kier molecular flexibility index (Phi) is 5.75. The summed E-state index contributed by atoms with van der Waals surface area (Å²) < 4.78 is 0. The second-order valence-corrected chi connectivity index (χ2v) is 5.40. The summed E-state index contributed by atoms with van der Waals surface area (Å²) in [7, 11) is 0. The SMILES string of the molecule is CC(CBr)C(C)NC(=O)c1cc(Cl)ccc1[N+](=O)[O-]. The fourth-order valence-corrected chi connectivity index (χ4v) is 2.14. The molecule has 0 aliphatic carbocycles. The average molecular weight is 350 g/mol. The third kappa shape index (κ3) is 4.18. The van der Waals surface area contributed by atoms with E-state index in [0.717, 1.165) is 5.33 Å². The van der Waals surface area contributed by atoms with E-state index in [-0.39, 0.29) is 28.2 Å². The second-order valence-electron chi connectivity index (χ2n) is 4.31. The lowest BCUT2D eigenvalue weighted by Crippen LogP contribution is -2.37. The third-order valence-corrected chi connectivity index (χ3v) is 4.11. The van der Waals surface area contributed by atoms with Gasteiger partial charge in [-0.3, -0.25) is 14.9 Å². The van der Waals surface area contributed by atoms with Gasteiger partial charge in [-0.1, -0.05) is 34.5 Å². The predicted molar refractivity (Wildman–Crippen MR) is 78.0 cm³/mol. The van der Waals surface area contributed by atoms with Crippen LogP contribution in [0.4, 0.5) is 5.69 Å². The largest absolute Gasteiger partial charge is 0.349 e. The molecular formula is C12H14BrClN2O3. The van der Waals surface area contributed by atoms with Crippen LogP contribution < -0.4 is 5.32 Å². The molecule has 1 N–H and O–H groups in total. The van der Waals surface area contributed by atoms with Crippen LogP contribution in [0, 0.1) is 16.0 Å². The molecule has 0 bridgehead atoms. The highest BCUT2D eigenvalue weighted by atomic mass is 79.9. The average Bonchev–Trinajstić information content (AvgIpc) is 2.36. The Morgan fingerprint density at radius 2 is 2.16 bits per heavy atom. The number of alkyl halides is 1. The van der Waals surface area contributed by atoms with Crippen molar-refractivity contribution in [2.45, 2.75) is 19.9 Å². The van der Waals surface area contributed by atoms with Gasteiger partial charge in [-0.15, -0.1) is 0 Å². The Bertz CT molecular complexity index is 496. The van der Waals surface area contributed by atoms with Gasteiger partial charge in [-0.05, 0) is 25.0 Å². The van der Waals surface area contributed by atoms with Gasteiger partial charge in [0.05, 0.1) is 4.92 Å². The highest BCUT2D eigenvalue weighted by molar-refractivity contribution is 9.09. The van der Waals surface area contributed by atoms with Gasteiger partial charge in [-0.25, -0.2) is 0 Å². The van der Waals surface area contributed by atoms with Gasteiger partial charge in [0, 0.05) is 22.5 Å². The van der Waals surface area contributed by atoms with Crippen LogP contribution in [0.15, 0.2) is 18.2 Å². The van der Waals surface area contributed by atoms with E-state index < -0.39 is 10.8 Å². The lowest BCUT2D eigenvalue weighted by Gasteiger charge is -2.19. The number of nitrogens with one attached hydrogen (secondary N) is 1. The maximum absolute atomic E-state index is 12.1. The molecule has 0 radical (unpaired) electrons. The first kappa shape index (κ1) is 15.9. The molecule has 1 aromatic carbocycles. The highest BCUT2D eigenvalue weighted by Crippen LogP contribution is 2.23. The Hall–Kier alpha value is -1.14. The standard InChI is InChI=1S/C12H14BrClN2O3/c1-7(6-13)8(2)15-12(17)10-5-9(14)3-4-11(10)16(18)19/h3-5,7-8H,6H2,1-2H3,(H,15,17). The molecule has 104 valence electrons. The van der Waals surface area contributed by atoms with Crippen LogP contribution in [0.25, 0.3) is 0 Å². The number of amides is 1. The molecule has 7 heteroatoms. The molecule has 0 aromatic heterocycles. The molecule has 5 nitrogen and oxygen atoms in total. The molecule has 0 spiro atoms. The number of hydrogen-bond acceptors (Lipinski definition) is 3. The Labute approximate surface area is 124 Å². The summed E-state index contributed by atoms with van der Waals surface area (Å²) in [5.74, 6) is -0.281. The molecule has 2 unspecified atom stereocenters. The Morgan fingerprint density at radius 1 is 1.53 bits per heavy atom. The van der Waals surface area contributed by atoms with Crippen molar-refractivity contribution in [2.75, 3.05) is 5.33 Å². The first-order valence-electron chi connectivity index (χ1n) is 5.67. The van der Waals surface area contributed by atoms with E-state index in [4.69, 9.17) is 11.6 Å². The van der Waals surface area contributed by atoms with E-state index in [9.17, 15) is 14.9 Å². The number of rotatable bonds is 5. The minimum absolute atomic E-state index is 0.0221. The van der Waals surface area contributed by atoms with Gasteiger partial charge in [0.1, 0.15) is 5.56 Å². The van der Waals surface area contributed by atoms with Crippen LogP contribution in [-0.2, 0) is 0 Å². The summed E-state index contributed by atoms with van der Waals surface area (Å²) in [6.07, 6.45) is 0. The molecule has 0 aliphatic rings. The van der Waals surface area contributed by atoms with Crippen molar-refractivity contribution < 1.29 is 9.72 Å². The first-order chi connectivity index (χ1) is 8.86. The monoisotopic (exact) mass is 348 g/mol. The summed E-state index contributed by atoms with van der Waals surface area (Å²) in [6.45, 7) is 3.81. The van der Waals surface area contributed by atoms with Crippen molar-refractivity contribution in [3.8, 4) is 0 Å². The van der Waals surface area contributed by atoms with Gasteiger partial charge in [-0.2, -0.15) is 0 Å². The number of nitro groups is 1. The van der Waals surface area contributed by atoms with Crippen molar-refractivity contribution in [1.29, 1.82) is 0 Å². The van der Waals surface area contributed by atoms with Crippen molar-refractivity contribution in [1.82, 2.24) is 5.32 Å². The van der Waals surface area contributed by atoms with E-state index in [1.807, 2.05) is 13.8 Å². The first-order valence-corrected chi connectivity index (χ1v) is 7.17. The van der Waals surface area contributed by atoms with E-state index in [0.29, 0.717) is 0 Å². The van der Waals surface area contributed by atoms with E-state index in [1.165, 1.54) is 18.2 Å². The van der Waals surface area contributed by atoms with Gasteiger partial charge >= 0.3 is 0 Å². The molecule has 1 aromatic rings. The maximum atomic E-state index is 12.1. The normalized spacial score (nSPS) is 13.7. The second kappa shape index (κ2) is 6.86. The Morgan fingerprint density at radius 3 is 2.68 bits per heavy atom. The highest BCUT2D eigenvalue weighted by Gasteiger charge is 2.22. The van der Waals surface area contributed by atoms with Crippen LogP contribution in [0.1, 0.15) is 24.2 Å². The van der Waals surface area contributed by atoms with Gasteiger partial charge < -0.3 is 5.32 Å². The van der Waals surface area contributed by atoms with Gasteiger partial charge in [0.2, 0.25) is 0 Å². The minimum atomic E-state index is -0.593. The van der Waals surface area contributed by atoms with E-state index in [2.05, 4.69) is 21.2 Å². The molecule has 0 fully saturated rings. The summed E-state index contributed by atoms with van der Waals surface area (Å²) in [5, 5.41) is 14.6. The van der Waals surface area contributed by atoms with Crippen molar-refractivity contribution in [2.24, 2.45) is 5.92 Å². The van der Waals surface area contributed by atoms with Crippen molar-refractivity contribution in [3.63, 3.8) is 0 Å². The molecular weight excluding hydrogens is 336 g/mol. The molecule has 1 rings (SSSR count). The fraction of sp³-hybridized carbons (Fsp3) is 0.417. The minimum Gasteiger partial charge on any atom is -0.349 e. The third-order valence-electron chi connectivity index (χ3n) is 2.86. The quantitative estimate of drug-likeness (QED) is 0.503. The zero-order valence-corrected chi connectivity index (χ0v) is 12.9. The molecule has 0 heterocycles.